The first-order chi connectivity index (χ1) is 23.1. The van der Waals surface area contributed by atoms with Gasteiger partial charge in [0, 0.05) is 36.5 Å². The number of fused-ring (bicyclic) bond motifs is 1. The highest BCUT2D eigenvalue weighted by Crippen LogP contribution is 2.43. The summed E-state index contributed by atoms with van der Waals surface area (Å²) >= 11 is 0. The van der Waals surface area contributed by atoms with Crippen molar-refractivity contribution < 1.29 is 28.8 Å². The van der Waals surface area contributed by atoms with Crippen LogP contribution < -0.4 is 25.1 Å². The van der Waals surface area contributed by atoms with Crippen LogP contribution in [0.2, 0.25) is 0 Å². The number of benzene rings is 4. The first-order valence-corrected chi connectivity index (χ1v) is 15.2. The van der Waals surface area contributed by atoms with Gasteiger partial charge in [0.1, 0.15) is 5.75 Å². The van der Waals surface area contributed by atoms with E-state index in [0.717, 1.165) is 22.3 Å². The average molecular weight is 635 g/mol. The van der Waals surface area contributed by atoms with Crippen LogP contribution in [-0.4, -0.2) is 42.5 Å². The maximum Gasteiger partial charge on any atom is 0.266 e. The second kappa shape index (κ2) is 14.7. The molecule has 12 heteroatoms. The predicted octanol–water partition coefficient (Wildman–Crippen LogP) is 5.31. The van der Waals surface area contributed by atoms with Crippen molar-refractivity contribution in [3.63, 3.8) is 0 Å². The highest BCUT2D eigenvalue weighted by Gasteiger charge is 2.53. The Morgan fingerprint density at radius 2 is 1.77 bits per heavy atom. The van der Waals surface area contributed by atoms with Crippen molar-refractivity contribution >= 4 is 11.8 Å². The molecule has 0 saturated heterocycles. The number of hydrogen-bond acceptors (Lipinski definition) is 9. The van der Waals surface area contributed by atoms with Crippen molar-refractivity contribution in [1.82, 2.24) is 10.9 Å². The third-order valence-corrected chi connectivity index (χ3v) is 7.95. The summed E-state index contributed by atoms with van der Waals surface area (Å²) < 4.78 is 23.2. The van der Waals surface area contributed by atoms with Gasteiger partial charge in [0.15, 0.2) is 23.1 Å². The molecule has 2 heterocycles. The molecule has 47 heavy (non-hydrogen) atoms. The number of ether oxygens (including phenoxy) is 4. The minimum atomic E-state index is -1.46. The fraction of sp³-hybridized carbons (Fsp3) is 0.257. The lowest BCUT2D eigenvalue weighted by molar-refractivity contribution is -0.130. The van der Waals surface area contributed by atoms with Crippen molar-refractivity contribution in [1.29, 1.82) is 0 Å². The number of aliphatic hydroxyl groups excluding tert-OH is 1. The quantitative estimate of drug-likeness (QED) is 0.0557. The maximum atomic E-state index is 14.5. The number of rotatable bonds is 14. The number of carbonyl (C=O) groups excluding carboxylic acids is 1. The molecular weight excluding hydrogens is 600 g/mol. The van der Waals surface area contributed by atoms with E-state index in [1.54, 1.807) is 12.1 Å². The summed E-state index contributed by atoms with van der Waals surface area (Å²) in [5.74, 6) is 1.88. The van der Waals surface area contributed by atoms with E-state index in [0.29, 0.717) is 48.3 Å². The number of aliphatic imine (C=N–C) groups is 1. The fourth-order valence-electron chi connectivity index (χ4n) is 5.58. The van der Waals surface area contributed by atoms with Crippen molar-refractivity contribution in [3.05, 3.63) is 135 Å². The van der Waals surface area contributed by atoms with Crippen molar-refractivity contribution in [3.8, 4) is 17.2 Å². The SMILES string of the molecule is [N-]=[N+]=NCc1ccccc1C[C@]1(C(=O)NNCc2ccc3c(c2)OCO3)N=C(c2ccc(OCCCO)cc2)O[C@H]1c1ccccc1. The zero-order valence-corrected chi connectivity index (χ0v) is 25.5. The number of nitrogens with one attached hydrogen (secondary N) is 2. The van der Waals surface area contributed by atoms with E-state index in [1.807, 2.05) is 84.9 Å². The molecule has 1 amide bonds. The first-order valence-electron chi connectivity index (χ1n) is 15.2. The van der Waals surface area contributed by atoms with Gasteiger partial charge in [-0.15, -0.1) is 0 Å². The lowest BCUT2D eigenvalue weighted by Gasteiger charge is -2.31. The molecule has 4 aromatic carbocycles. The molecule has 0 spiro atoms. The van der Waals surface area contributed by atoms with Gasteiger partial charge in [-0.25, -0.2) is 10.4 Å². The van der Waals surface area contributed by atoms with Crippen LogP contribution in [0.3, 0.4) is 0 Å². The molecule has 3 N–H and O–H groups in total. The Kier molecular flexibility index (Phi) is 9.83. The van der Waals surface area contributed by atoms with Crippen molar-refractivity contribution in [2.45, 2.75) is 37.6 Å². The second-order valence-corrected chi connectivity index (χ2v) is 11.0. The Morgan fingerprint density at radius 3 is 2.55 bits per heavy atom. The summed E-state index contributed by atoms with van der Waals surface area (Å²) in [6, 6.07) is 29.9. The molecule has 0 bridgehead atoms. The second-order valence-electron chi connectivity index (χ2n) is 11.0. The molecule has 0 aliphatic carbocycles. The predicted molar refractivity (Wildman–Crippen MR) is 174 cm³/mol. The van der Waals surface area contributed by atoms with Gasteiger partial charge in [-0.05, 0) is 64.2 Å². The van der Waals surface area contributed by atoms with Gasteiger partial charge in [-0.1, -0.05) is 65.8 Å². The van der Waals surface area contributed by atoms with Gasteiger partial charge in [-0.3, -0.25) is 10.2 Å². The molecule has 2 aliphatic heterocycles. The Hall–Kier alpha value is -5.55. The van der Waals surface area contributed by atoms with E-state index >= 15 is 0 Å². The largest absolute Gasteiger partial charge is 0.494 e. The lowest BCUT2D eigenvalue weighted by Crippen LogP contribution is -2.53. The molecule has 6 rings (SSSR count). The maximum absolute atomic E-state index is 14.5. The molecule has 0 radical (unpaired) electrons. The van der Waals surface area contributed by atoms with Crippen LogP contribution in [0.4, 0.5) is 0 Å². The summed E-state index contributed by atoms with van der Waals surface area (Å²) in [5.41, 5.74) is 17.4. The summed E-state index contributed by atoms with van der Waals surface area (Å²) in [5, 5.41) is 12.9. The first kappa shape index (κ1) is 31.4. The van der Waals surface area contributed by atoms with Crippen LogP contribution in [0.5, 0.6) is 17.2 Å². The van der Waals surface area contributed by atoms with E-state index in [4.69, 9.17) is 34.6 Å². The zero-order valence-electron chi connectivity index (χ0n) is 25.5. The van der Waals surface area contributed by atoms with Crippen molar-refractivity contribution in [2.75, 3.05) is 20.0 Å². The van der Waals surface area contributed by atoms with Crippen LogP contribution in [-0.2, 0) is 29.0 Å². The average Bonchev–Trinajstić information content (AvgIpc) is 3.74. The Bertz CT molecular complexity index is 1780. The number of hydrogen-bond donors (Lipinski definition) is 3. The summed E-state index contributed by atoms with van der Waals surface area (Å²) in [6.45, 7) is 1.05. The minimum Gasteiger partial charge on any atom is -0.494 e. The molecule has 2 atom stereocenters. The molecule has 12 nitrogen and oxygen atoms in total. The number of hydrazine groups is 1. The minimum absolute atomic E-state index is 0.0469. The number of aliphatic hydroxyl groups is 1. The zero-order chi connectivity index (χ0) is 32.5. The summed E-state index contributed by atoms with van der Waals surface area (Å²) in [4.78, 5) is 22.5. The standard InChI is InChI=1S/C35H34N6O6/c36-41-38-22-28-10-5-4-9-27(28)20-35(34(43)40-37-21-24-11-16-30-31(19-24)46-23-45-30)32(25-7-2-1-3-8-25)47-33(39-35)26-12-14-29(15-13-26)44-18-6-17-42/h1-5,7-16,19,32,37,42H,6,17-18,20-23H2,(H,40,43)/t32-,35-/m0/s1. The van der Waals surface area contributed by atoms with E-state index in [2.05, 4.69) is 20.9 Å². The molecule has 4 aromatic rings. The molecule has 2 aliphatic rings. The fourth-order valence-corrected chi connectivity index (χ4v) is 5.58. The molecule has 240 valence electrons. The Morgan fingerprint density at radius 1 is 1.00 bits per heavy atom. The van der Waals surface area contributed by atoms with Crippen LogP contribution in [0.1, 0.15) is 40.3 Å². The molecule has 0 fully saturated rings. The number of nitrogens with zero attached hydrogens (tertiary/aromatic N) is 4. The molecule has 0 unspecified atom stereocenters. The summed E-state index contributed by atoms with van der Waals surface area (Å²) in [7, 11) is 0. The van der Waals surface area contributed by atoms with Crippen LogP contribution in [0.25, 0.3) is 10.4 Å². The number of amides is 1. The van der Waals surface area contributed by atoms with E-state index < -0.39 is 17.6 Å². The smallest absolute Gasteiger partial charge is 0.266 e. The highest BCUT2D eigenvalue weighted by molar-refractivity contribution is 6.01. The lowest BCUT2D eigenvalue weighted by atomic mass is 9.81. The van der Waals surface area contributed by atoms with E-state index in [1.165, 1.54) is 0 Å². The van der Waals surface area contributed by atoms with Gasteiger partial charge < -0.3 is 24.1 Å². The monoisotopic (exact) mass is 634 g/mol. The number of carbonyl (C=O) groups is 1. The van der Waals surface area contributed by atoms with Crippen LogP contribution >= 0.6 is 0 Å². The van der Waals surface area contributed by atoms with Gasteiger partial charge in [-0.2, -0.15) is 0 Å². The van der Waals surface area contributed by atoms with Crippen LogP contribution in [0.15, 0.2) is 107 Å². The van der Waals surface area contributed by atoms with Gasteiger partial charge in [0.2, 0.25) is 12.7 Å². The highest BCUT2D eigenvalue weighted by atomic mass is 16.7. The Labute approximate surface area is 271 Å². The van der Waals surface area contributed by atoms with Crippen LogP contribution in [0, 0.1) is 0 Å². The third-order valence-electron chi connectivity index (χ3n) is 7.95. The molecule has 0 aromatic heterocycles. The number of azide groups is 1. The molecular formula is C35H34N6O6. The van der Waals surface area contributed by atoms with Gasteiger partial charge in [0.25, 0.3) is 5.91 Å². The topological polar surface area (TPSA) is 159 Å². The molecule has 0 saturated carbocycles. The van der Waals surface area contributed by atoms with E-state index in [9.17, 15) is 4.79 Å². The normalized spacial score (nSPS) is 17.7. The van der Waals surface area contributed by atoms with E-state index in [-0.39, 0.29) is 26.4 Å². The third kappa shape index (κ3) is 7.15. The van der Waals surface area contributed by atoms with Crippen molar-refractivity contribution in [2.24, 2.45) is 10.1 Å². The Balaban J connectivity index is 1.35. The summed E-state index contributed by atoms with van der Waals surface area (Å²) in [6.07, 6.45) is -0.107. The van der Waals surface area contributed by atoms with Gasteiger partial charge >= 0.3 is 0 Å². The van der Waals surface area contributed by atoms with Gasteiger partial charge in [0.05, 0.1) is 13.2 Å².